The van der Waals surface area contributed by atoms with E-state index in [9.17, 15) is 8.42 Å². The van der Waals surface area contributed by atoms with Crippen LogP contribution in [0.5, 0.6) is 0 Å². The molecule has 0 amide bonds. The van der Waals surface area contributed by atoms with Gasteiger partial charge in [-0.1, -0.05) is 11.6 Å². The van der Waals surface area contributed by atoms with Gasteiger partial charge in [0.05, 0.1) is 11.0 Å². The van der Waals surface area contributed by atoms with E-state index >= 15 is 0 Å². The standard InChI is InChI=1S/C11H15ClN2O3S/c1-2-17-9-5-8(6-9)14-18(15,16)10-3-4-13-11(12)7-10/h3-4,7-9,14H,2,5-6H2,1H3. The number of halogens is 1. The van der Waals surface area contributed by atoms with E-state index in [0.29, 0.717) is 19.4 Å². The fourth-order valence-corrected chi connectivity index (χ4v) is 3.39. The van der Waals surface area contributed by atoms with Crippen LogP contribution in [-0.2, 0) is 14.8 Å². The maximum atomic E-state index is 12.0. The Hall–Kier alpha value is -0.690. The number of aromatic nitrogens is 1. The van der Waals surface area contributed by atoms with Crippen LogP contribution in [0.25, 0.3) is 0 Å². The van der Waals surface area contributed by atoms with Crippen molar-refractivity contribution in [2.75, 3.05) is 6.61 Å². The van der Waals surface area contributed by atoms with Crippen LogP contribution in [0.2, 0.25) is 5.15 Å². The number of hydrogen-bond donors (Lipinski definition) is 1. The van der Waals surface area contributed by atoms with Crippen molar-refractivity contribution >= 4 is 21.6 Å². The molecule has 1 aromatic rings. The molecule has 1 heterocycles. The zero-order valence-electron chi connectivity index (χ0n) is 9.97. The molecular weight excluding hydrogens is 276 g/mol. The van der Waals surface area contributed by atoms with Crippen LogP contribution in [0, 0.1) is 0 Å². The van der Waals surface area contributed by atoms with Crippen molar-refractivity contribution < 1.29 is 13.2 Å². The molecule has 0 aliphatic heterocycles. The average molecular weight is 291 g/mol. The maximum Gasteiger partial charge on any atom is 0.240 e. The van der Waals surface area contributed by atoms with Crippen LogP contribution in [0.1, 0.15) is 19.8 Å². The smallest absolute Gasteiger partial charge is 0.240 e. The summed E-state index contributed by atoms with van der Waals surface area (Å²) in [6.45, 7) is 2.58. The van der Waals surface area contributed by atoms with Gasteiger partial charge in [0.25, 0.3) is 0 Å². The number of nitrogens with one attached hydrogen (secondary N) is 1. The van der Waals surface area contributed by atoms with Gasteiger partial charge in [0.1, 0.15) is 5.15 Å². The third-order valence-electron chi connectivity index (χ3n) is 2.83. The maximum absolute atomic E-state index is 12.0. The van der Waals surface area contributed by atoms with Crippen molar-refractivity contribution in [2.24, 2.45) is 0 Å². The van der Waals surface area contributed by atoms with Crippen molar-refractivity contribution in [1.82, 2.24) is 9.71 Å². The molecule has 1 N–H and O–H groups in total. The highest BCUT2D eigenvalue weighted by Gasteiger charge is 2.33. The molecule has 0 unspecified atom stereocenters. The van der Waals surface area contributed by atoms with Gasteiger partial charge in [-0.15, -0.1) is 0 Å². The monoisotopic (exact) mass is 290 g/mol. The van der Waals surface area contributed by atoms with Crippen LogP contribution in [0.3, 0.4) is 0 Å². The third kappa shape index (κ3) is 3.20. The van der Waals surface area contributed by atoms with E-state index < -0.39 is 10.0 Å². The van der Waals surface area contributed by atoms with Gasteiger partial charge in [0.2, 0.25) is 10.0 Å². The van der Waals surface area contributed by atoms with Crippen molar-refractivity contribution in [3.05, 3.63) is 23.5 Å². The second kappa shape index (κ2) is 5.52. The fraction of sp³-hybridized carbons (Fsp3) is 0.545. The lowest BCUT2D eigenvalue weighted by molar-refractivity contribution is -0.00475. The first-order chi connectivity index (χ1) is 8.51. The van der Waals surface area contributed by atoms with Crippen molar-refractivity contribution in [2.45, 2.75) is 36.8 Å². The average Bonchev–Trinajstić information content (AvgIpc) is 2.26. The second-order valence-electron chi connectivity index (χ2n) is 4.18. The van der Waals surface area contributed by atoms with Crippen LogP contribution < -0.4 is 4.72 Å². The van der Waals surface area contributed by atoms with Crippen molar-refractivity contribution in [3.63, 3.8) is 0 Å². The number of sulfonamides is 1. The van der Waals surface area contributed by atoms with E-state index in [-0.39, 0.29) is 22.2 Å². The molecule has 7 heteroatoms. The van der Waals surface area contributed by atoms with Gasteiger partial charge in [-0.25, -0.2) is 18.1 Å². The highest BCUT2D eigenvalue weighted by atomic mass is 35.5. The van der Waals surface area contributed by atoms with Gasteiger partial charge in [0.15, 0.2) is 0 Å². The van der Waals surface area contributed by atoms with E-state index in [4.69, 9.17) is 16.3 Å². The summed E-state index contributed by atoms with van der Waals surface area (Å²) in [6.07, 6.45) is 2.97. The van der Waals surface area contributed by atoms with E-state index in [1.54, 1.807) is 0 Å². The molecule has 1 aliphatic rings. The summed E-state index contributed by atoms with van der Waals surface area (Å²) in [6, 6.07) is 2.70. The second-order valence-corrected chi connectivity index (χ2v) is 6.28. The molecule has 2 rings (SSSR count). The number of rotatable bonds is 5. The summed E-state index contributed by atoms with van der Waals surface area (Å²) in [7, 11) is -3.51. The Balaban J connectivity index is 1.97. The third-order valence-corrected chi connectivity index (χ3v) is 4.55. The molecule has 1 aliphatic carbocycles. The molecule has 0 spiro atoms. The molecule has 5 nitrogen and oxygen atoms in total. The predicted octanol–water partition coefficient (Wildman–Crippen LogP) is 1.58. The lowest BCUT2D eigenvalue weighted by Crippen LogP contribution is -2.47. The largest absolute Gasteiger partial charge is 0.378 e. The molecule has 1 saturated carbocycles. The molecule has 0 radical (unpaired) electrons. The van der Waals surface area contributed by atoms with Crippen molar-refractivity contribution in [1.29, 1.82) is 0 Å². The first-order valence-electron chi connectivity index (χ1n) is 5.76. The summed E-state index contributed by atoms with van der Waals surface area (Å²) in [5.41, 5.74) is 0. The zero-order chi connectivity index (χ0) is 13.2. The van der Waals surface area contributed by atoms with Gasteiger partial charge in [-0.2, -0.15) is 0 Å². The highest BCUT2D eigenvalue weighted by Crippen LogP contribution is 2.25. The summed E-state index contributed by atoms with van der Waals surface area (Å²) >= 11 is 5.68. The van der Waals surface area contributed by atoms with Crippen LogP contribution in [0.15, 0.2) is 23.2 Å². The van der Waals surface area contributed by atoms with Gasteiger partial charge in [-0.3, -0.25) is 0 Å². The van der Waals surface area contributed by atoms with Crippen LogP contribution in [0.4, 0.5) is 0 Å². The van der Waals surface area contributed by atoms with Gasteiger partial charge in [0, 0.05) is 18.8 Å². The molecule has 100 valence electrons. The molecule has 0 bridgehead atoms. The quantitative estimate of drug-likeness (QED) is 0.836. The SMILES string of the molecule is CCOC1CC(NS(=O)(=O)c2ccnc(Cl)c2)C1. The molecule has 0 atom stereocenters. The Bertz CT molecular complexity index is 515. The molecule has 1 fully saturated rings. The molecule has 18 heavy (non-hydrogen) atoms. The Labute approximate surface area is 112 Å². The van der Waals surface area contributed by atoms with E-state index in [1.807, 2.05) is 6.92 Å². The van der Waals surface area contributed by atoms with E-state index in [1.165, 1.54) is 18.3 Å². The van der Waals surface area contributed by atoms with Gasteiger partial charge in [-0.05, 0) is 31.9 Å². The van der Waals surface area contributed by atoms with E-state index in [0.717, 1.165) is 0 Å². The molecule has 0 saturated heterocycles. The normalized spacial score (nSPS) is 23.7. The molecular formula is C11H15ClN2O3S. The lowest BCUT2D eigenvalue weighted by Gasteiger charge is -2.35. The number of ether oxygens (including phenoxy) is 1. The first kappa shape index (κ1) is 13.7. The Kier molecular flexibility index (Phi) is 4.21. The summed E-state index contributed by atoms with van der Waals surface area (Å²) in [5.74, 6) is 0. The fourth-order valence-electron chi connectivity index (χ4n) is 1.87. The minimum absolute atomic E-state index is 0.0570. The Morgan fingerprint density at radius 2 is 2.28 bits per heavy atom. The predicted molar refractivity (Wildman–Crippen MR) is 68.0 cm³/mol. The highest BCUT2D eigenvalue weighted by molar-refractivity contribution is 7.89. The molecule has 0 aromatic carbocycles. The molecule has 1 aromatic heterocycles. The van der Waals surface area contributed by atoms with Gasteiger partial charge < -0.3 is 4.74 Å². The van der Waals surface area contributed by atoms with Crippen molar-refractivity contribution in [3.8, 4) is 0 Å². The minimum Gasteiger partial charge on any atom is -0.378 e. The lowest BCUT2D eigenvalue weighted by atomic mass is 9.90. The number of hydrogen-bond acceptors (Lipinski definition) is 4. The van der Waals surface area contributed by atoms with E-state index in [2.05, 4.69) is 9.71 Å². The minimum atomic E-state index is -3.51. The summed E-state index contributed by atoms with van der Waals surface area (Å²) in [4.78, 5) is 3.90. The topological polar surface area (TPSA) is 68.3 Å². The number of nitrogens with zero attached hydrogens (tertiary/aromatic N) is 1. The zero-order valence-corrected chi connectivity index (χ0v) is 11.5. The van der Waals surface area contributed by atoms with Gasteiger partial charge >= 0.3 is 0 Å². The summed E-state index contributed by atoms with van der Waals surface area (Å²) in [5, 5.41) is 0.165. The summed E-state index contributed by atoms with van der Waals surface area (Å²) < 4.78 is 32.0. The van der Waals surface area contributed by atoms with Crippen LogP contribution in [-0.4, -0.2) is 32.2 Å². The van der Waals surface area contributed by atoms with Crippen LogP contribution >= 0.6 is 11.6 Å². The first-order valence-corrected chi connectivity index (χ1v) is 7.63. The Morgan fingerprint density at radius 1 is 1.56 bits per heavy atom. The Morgan fingerprint density at radius 3 is 2.89 bits per heavy atom. The number of pyridine rings is 1.